The highest BCUT2D eigenvalue weighted by molar-refractivity contribution is 6.32. The molecule has 0 bridgehead atoms. The predicted octanol–water partition coefficient (Wildman–Crippen LogP) is 6.48. The van der Waals surface area contributed by atoms with Crippen molar-refractivity contribution in [2.75, 3.05) is 7.11 Å². The smallest absolute Gasteiger partial charge is 0.435 e. The molecule has 1 unspecified atom stereocenters. The summed E-state index contributed by atoms with van der Waals surface area (Å²) in [5.74, 6) is 0.532. The second-order valence-corrected chi connectivity index (χ2v) is 7.63. The number of benzene rings is 2. The molecule has 166 valence electrons. The topological polar surface area (TPSA) is 36.3 Å². The summed E-state index contributed by atoms with van der Waals surface area (Å²) in [5.41, 5.74) is 1.68. The van der Waals surface area contributed by atoms with E-state index in [-0.39, 0.29) is 18.4 Å². The normalized spacial score (nSPS) is 16.2. The summed E-state index contributed by atoms with van der Waals surface area (Å²) in [4.78, 5) is 0. The lowest BCUT2D eigenvalue weighted by Gasteiger charge is -2.15. The van der Waals surface area contributed by atoms with Gasteiger partial charge in [0.2, 0.25) is 0 Å². The summed E-state index contributed by atoms with van der Waals surface area (Å²) < 4.78 is 52.0. The zero-order valence-corrected chi connectivity index (χ0v) is 17.9. The summed E-state index contributed by atoms with van der Waals surface area (Å²) in [6.45, 7) is -0.105. The largest absolute Gasteiger partial charge is 0.487 e. The minimum Gasteiger partial charge on any atom is -0.487 e. The van der Waals surface area contributed by atoms with Crippen molar-refractivity contribution in [3.63, 3.8) is 0 Å². The molecule has 32 heavy (non-hydrogen) atoms. The highest BCUT2D eigenvalue weighted by Gasteiger charge is 2.35. The van der Waals surface area contributed by atoms with Crippen LogP contribution in [0.1, 0.15) is 23.4 Å². The Bertz CT molecular complexity index is 1150. The van der Waals surface area contributed by atoms with Crippen LogP contribution in [0.2, 0.25) is 5.02 Å². The zero-order valence-electron chi connectivity index (χ0n) is 17.1. The Hall–Kier alpha value is -3.03. The van der Waals surface area contributed by atoms with Crippen LogP contribution in [-0.4, -0.2) is 23.0 Å². The number of hydrogen-bond acceptors (Lipinski definition) is 3. The van der Waals surface area contributed by atoms with Gasteiger partial charge in [0, 0.05) is 7.11 Å². The minimum atomic E-state index is -4.58. The molecule has 0 aliphatic heterocycles. The Labute approximate surface area is 188 Å². The van der Waals surface area contributed by atoms with Gasteiger partial charge < -0.3 is 9.47 Å². The van der Waals surface area contributed by atoms with E-state index < -0.39 is 11.9 Å². The van der Waals surface area contributed by atoms with Gasteiger partial charge in [-0.05, 0) is 47.9 Å². The molecular weight excluding hydrogens is 441 g/mol. The molecule has 2 aromatic carbocycles. The fraction of sp³-hybridized carbons (Fsp3) is 0.208. The molecule has 1 aliphatic rings. The molecule has 0 saturated heterocycles. The van der Waals surface area contributed by atoms with Crippen molar-refractivity contribution < 1.29 is 22.6 Å². The first-order valence-corrected chi connectivity index (χ1v) is 10.3. The highest BCUT2D eigenvalue weighted by atomic mass is 35.5. The number of halogens is 4. The lowest BCUT2D eigenvalue weighted by molar-refractivity contribution is -0.141. The third-order valence-electron chi connectivity index (χ3n) is 5.09. The number of para-hydroxylation sites is 1. The quantitative estimate of drug-likeness (QED) is 0.422. The van der Waals surface area contributed by atoms with E-state index in [1.165, 1.54) is 4.68 Å². The summed E-state index contributed by atoms with van der Waals surface area (Å²) in [5, 5.41) is 4.01. The predicted molar refractivity (Wildman–Crippen MR) is 117 cm³/mol. The van der Waals surface area contributed by atoms with Gasteiger partial charge in [-0.1, -0.05) is 54.1 Å². The first kappa shape index (κ1) is 22.2. The van der Waals surface area contributed by atoms with Crippen molar-refractivity contribution >= 4 is 17.2 Å². The number of alkyl halides is 3. The molecule has 8 heteroatoms. The Kier molecular flexibility index (Phi) is 6.39. The molecule has 1 atom stereocenters. The van der Waals surface area contributed by atoms with Crippen LogP contribution < -0.4 is 4.74 Å². The second kappa shape index (κ2) is 9.22. The minimum absolute atomic E-state index is 0.0888. The number of nitrogens with zero attached hydrogens (tertiary/aromatic N) is 2. The number of methoxy groups -OCH3 is 1. The Balaban J connectivity index is 1.52. The second-order valence-electron chi connectivity index (χ2n) is 7.22. The first-order chi connectivity index (χ1) is 15.3. The van der Waals surface area contributed by atoms with E-state index >= 15 is 0 Å². The van der Waals surface area contributed by atoms with Crippen LogP contribution in [-0.2, 0) is 17.5 Å². The fourth-order valence-electron chi connectivity index (χ4n) is 3.38. The van der Waals surface area contributed by atoms with Crippen LogP contribution >= 0.6 is 11.6 Å². The molecule has 0 fully saturated rings. The molecule has 0 N–H and O–H groups in total. The highest BCUT2D eigenvalue weighted by Crippen LogP contribution is 2.31. The van der Waals surface area contributed by atoms with Gasteiger partial charge >= 0.3 is 6.18 Å². The number of rotatable bonds is 6. The molecule has 1 aromatic heterocycles. The van der Waals surface area contributed by atoms with Crippen LogP contribution in [0.25, 0.3) is 11.3 Å². The summed E-state index contributed by atoms with van der Waals surface area (Å²) in [6, 6.07) is 14.9. The summed E-state index contributed by atoms with van der Waals surface area (Å²) >= 11 is 6.18. The van der Waals surface area contributed by atoms with E-state index in [0.29, 0.717) is 16.5 Å². The summed E-state index contributed by atoms with van der Waals surface area (Å²) in [7, 11) is 1.68. The molecule has 3 aromatic rings. The van der Waals surface area contributed by atoms with Gasteiger partial charge in [0.1, 0.15) is 12.4 Å². The third kappa shape index (κ3) is 4.89. The fourth-order valence-corrected chi connectivity index (χ4v) is 3.60. The maximum absolute atomic E-state index is 13.3. The third-order valence-corrected chi connectivity index (χ3v) is 5.41. The SMILES string of the molecule is COC1C=CC(c2ccc(OCc3cc(C(F)(F)F)nn3-c3ccccc3Cl)cc2)=CC1. The van der Waals surface area contributed by atoms with E-state index in [1.54, 1.807) is 43.5 Å². The van der Waals surface area contributed by atoms with Crippen LogP contribution in [0.15, 0.2) is 72.8 Å². The zero-order chi connectivity index (χ0) is 22.7. The molecule has 0 spiro atoms. The van der Waals surface area contributed by atoms with Crippen molar-refractivity contribution in [3.05, 3.63) is 94.8 Å². The molecule has 0 amide bonds. The maximum Gasteiger partial charge on any atom is 0.435 e. The standard InChI is InChI=1S/C24H20ClF3N2O2/c1-31-19-10-6-16(7-11-19)17-8-12-20(13-9-17)32-15-18-14-23(24(26,27)28)29-30(18)22-5-3-2-4-21(22)25/h2-10,12-14,19H,11,15H2,1H3. The van der Waals surface area contributed by atoms with Gasteiger partial charge in [-0.25, -0.2) is 4.68 Å². The van der Waals surface area contributed by atoms with Crippen molar-refractivity contribution in [1.29, 1.82) is 0 Å². The van der Waals surface area contributed by atoms with Gasteiger partial charge in [0.25, 0.3) is 0 Å². The van der Waals surface area contributed by atoms with Crippen molar-refractivity contribution in [2.45, 2.75) is 25.3 Å². The Morgan fingerprint density at radius 1 is 1.12 bits per heavy atom. The van der Waals surface area contributed by atoms with E-state index in [1.807, 2.05) is 24.3 Å². The lowest BCUT2D eigenvalue weighted by Crippen LogP contribution is -2.08. The average Bonchev–Trinajstić information content (AvgIpc) is 3.23. The number of hydrogen-bond donors (Lipinski definition) is 0. The van der Waals surface area contributed by atoms with Crippen molar-refractivity contribution in [3.8, 4) is 11.4 Å². The van der Waals surface area contributed by atoms with E-state index in [0.717, 1.165) is 23.6 Å². The monoisotopic (exact) mass is 460 g/mol. The van der Waals surface area contributed by atoms with E-state index in [9.17, 15) is 13.2 Å². The lowest BCUT2D eigenvalue weighted by atomic mass is 9.98. The van der Waals surface area contributed by atoms with Gasteiger partial charge in [-0.15, -0.1) is 0 Å². The van der Waals surface area contributed by atoms with E-state index in [4.69, 9.17) is 21.1 Å². The van der Waals surface area contributed by atoms with Gasteiger partial charge in [-0.2, -0.15) is 18.3 Å². The van der Waals surface area contributed by atoms with Gasteiger partial charge in [0.15, 0.2) is 5.69 Å². The molecule has 0 radical (unpaired) electrons. The number of aromatic nitrogens is 2. The summed E-state index contributed by atoms with van der Waals surface area (Å²) in [6.07, 6.45) is 2.43. The molecule has 1 heterocycles. The van der Waals surface area contributed by atoms with Crippen molar-refractivity contribution in [1.82, 2.24) is 9.78 Å². The number of ether oxygens (including phenoxy) is 2. The van der Waals surface area contributed by atoms with Crippen LogP contribution in [0.4, 0.5) is 13.2 Å². The van der Waals surface area contributed by atoms with Gasteiger partial charge in [-0.3, -0.25) is 0 Å². The molecule has 4 nitrogen and oxygen atoms in total. The molecule has 4 rings (SSSR count). The Morgan fingerprint density at radius 3 is 2.50 bits per heavy atom. The maximum atomic E-state index is 13.3. The average molecular weight is 461 g/mol. The van der Waals surface area contributed by atoms with Crippen LogP contribution in [0.5, 0.6) is 5.75 Å². The molecule has 1 aliphatic carbocycles. The first-order valence-electron chi connectivity index (χ1n) is 9.90. The van der Waals surface area contributed by atoms with Gasteiger partial charge in [0.05, 0.1) is 22.5 Å². The molecule has 0 saturated carbocycles. The van der Waals surface area contributed by atoms with E-state index in [2.05, 4.69) is 11.2 Å². The van der Waals surface area contributed by atoms with Crippen LogP contribution in [0.3, 0.4) is 0 Å². The van der Waals surface area contributed by atoms with Crippen molar-refractivity contribution in [2.24, 2.45) is 0 Å². The van der Waals surface area contributed by atoms with Crippen LogP contribution in [0, 0.1) is 0 Å². The Morgan fingerprint density at radius 2 is 1.88 bits per heavy atom. The number of allylic oxidation sites excluding steroid dienone is 2. The molecular formula is C24H20ClF3N2O2.